The summed E-state index contributed by atoms with van der Waals surface area (Å²) in [6.45, 7) is 4.95. The average molecular weight is 270 g/mol. The minimum absolute atomic E-state index is 0.547. The normalized spacial score (nSPS) is 14.3. The van der Waals surface area contributed by atoms with E-state index in [-0.39, 0.29) is 0 Å². The Bertz CT molecular complexity index is 383. The molecule has 1 rings (SSSR count). The maximum Gasteiger partial charge on any atom is 0.122 e. The summed E-state index contributed by atoms with van der Waals surface area (Å²) >= 11 is 1.64. The SMILES string of the molecule is COc1cc(C)nc(CNCC(C)(O)CSC)c1. The lowest BCUT2D eigenvalue weighted by molar-refractivity contribution is 0.0845. The van der Waals surface area contributed by atoms with Gasteiger partial charge in [-0.15, -0.1) is 0 Å². The second-order valence-corrected chi connectivity index (χ2v) is 5.54. The number of aryl methyl sites for hydroxylation is 1. The number of aromatic nitrogens is 1. The van der Waals surface area contributed by atoms with Crippen LogP contribution < -0.4 is 10.1 Å². The predicted molar refractivity (Wildman–Crippen MR) is 76.2 cm³/mol. The summed E-state index contributed by atoms with van der Waals surface area (Å²) in [6.07, 6.45) is 1.99. The molecular formula is C13H22N2O2S. The first-order chi connectivity index (χ1) is 8.46. The topological polar surface area (TPSA) is 54.4 Å². The third-order valence-corrected chi connectivity index (χ3v) is 3.39. The highest BCUT2D eigenvalue weighted by Crippen LogP contribution is 2.14. The van der Waals surface area contributed by atoms with Gasteiger partial charge in [-0.2, -0.15) is 11.8 Å². The van der Waals surface area contributed by atoms with Gasteiger partial charge in [0.05, 0.1) is 18.4 Å². The van der Waals surface area contributed by atoms with Gasteiger partial charge in [-0.3, -0.25) is 4.98 Å². The first-order valence-corrected chi connectivity index (χ1v) is 7.30. The van der Waals surface area contributed by atoms with Crippen molar-refractivity contribution in [2.45, 2.75) is 26.0 Å². The Balaban J connectivity index is 2.51. The van der Waals surface area contributed by atoms with E-state index in [0.717, 1.165) is 17.1 Å². The molecule has 4 nitrogen and oxygen atoms in total. The zero-order chi connectivity index (χ0) is 13.6. The fraction of sp³-hybridized carbons (Fsp3) is 0.615. The number of rotatable bonds is 7. The molecule has 0 bridgehead atoms. The van der Waals surface area contributed by atoms with Crippen LogP contribution in [0.4, 0.5) is 0 Å². The lowest BCUT2D eigenvalue weighted by atomic mass is 10.1. The minimum Gasteiger partial charge on any atom is -0.497 e. The van der Waals surface area contributed by atoms with Gasteiger partial charge >= 0.3 is 0 Å². The van der Waals surface area contributed by atoms with Crippen molar-refractivity contribution in [1.82, 2.24) is 10.3 Å². The molecule has 0 aliphatic rings. The first-order valence-electron chi connectivity index (χ1n) is 5.90. The van der Waals surface area contributed by atoms with Gasteiger partial charge in [-0.1, -0.05) is 0 Å². The summed E-state index contributed by atoms with van der Waals surface area (Å²) in [6, 6.07) is 3.80. The standard InChI is InChI=1S/C13H22N2O2S/c1-10-5-12(17-3)6-11(15-10)7-14-8-13(2,16)9-18-4/h5-6,14,16H,7-9H2,1-4H3. The van der Waals surface area contributed by atoms with Crippen molar-refractivity contribution in [3.8, 4) is 5.75 Å². The highest BCUT2D eigenvalue weighted by Gasteiger charge is 2.18. The number of nitrogens with zero attached hydrogens (tertiary/aromatic N) is 1. The molecule has 1 aromatic heterocycles. The molecule has 102 valence electrons. The Morgan fingerprint density at radius 2 is 2.22 bits per heavy atom. The van der Waals surface area contributed by atoms with Gasteiger partial charge in [0.25, 0.3) is 0 Å². The van der Waals surface area contributed by atoms with Crippen LogP contribution in [0.3, 0.4) is 0 Å². The monoisotopic (exact) mass is 270 g/mol. The van der Waals surface area contributed by atoms with E-state index in [1.165, 1.54) is 0 Å². The number of thioether (sulfide) groups is 1. The number of hydrogen-bond acceptors (Lipinski definition) is 5. The molecule has 5 heteroatoms. The van der Waals surface area contributed by atoms with Crippen LogP contribution in [0.1, 0.15) is 18.3 Å². The molecule has 0 saturated heterocycles. The number of hydrogen-bond donors (Lipinski definition) is 2. The molecule has 18 heavy (non-hydrogen) atoms. The highest BCUT2D eigenvalue weighted by atomic mass is 32.2. The lowest BCUT2D eigenvalue weighted by Crippen LogP contribution is -2.39. The molecular weight excluding hydrogens is 248 g/mol. The van der Waals surface area contributed by atoms with Gasteiger partial charge < -0.3 is 15.2 Å². The number of nitrogens with one attached hydrogen (secondary N) is 1. The second-order valence-electron chi connectivity index (χ2n) is 4.67. The van der Waals surface area contributed by atoms with Gasteiger partial charge in [0.2, 0.25) is 0 Å². The molecule has 0 aliphatic carbocycles. The number of pyridine rings is 1. The molecule has 0 saturated carbocycles. The van der Waals surface area contributed by atoms with Gasteiger partial charge in [-0.05, 0) is 20.1 Å². The van der Waals surface area contributed by atoms with Crippen molar-refractivity contribution in [2.75, 3.05) is 25.7 Å². The van der Waals surface area contributed by atoms with Crippen molar-refractivity contribution in [3.63, 3.8) is 0 Å². The third-order valence-electron chi connectivity index (χ3n) is 2.48. The molecule has 0 aliphatic heterocycles. The predicted octanol–water partition coefficient (Wildman–Crippen LogP) is 1.60. The van der Waals surface area contributed by atoms with E-state index in [0.29, 0.717) is 18.8 Å². The van der Waals surface area contributed by atoms with Crippen LogP contribution >= 0.6 is 11.8 Å². The van der Waals surface area contributed by atoms with Crippen LogP contribution in [0, 0.1) is 6.92 Å². The quantitative estimate of drug-likeness (QED) is 0.788. The molecule has 0 spiro atoms. The van der Waals surface area contributed by atoms with Crippen molar-refractivity contribution in [1.29, 1.82) is 0 Å². The first kappa shape index (κ1) is 15.3. The van der Waals surface area contributed by atoms with Crippen molar-refractivity contribution in [2.24, 2.45) is 0 Å². The molecule has 0 radical (unpaired) electrons. The smallest absolute Gasteiger partial charge is 0.122 e. The summed E-state index contributed by atoms with van der Waals surface area (Å²) in [5.41, 5.74) is 1.17. The Labute approximate surface area is 113 Å². The van der Waals surface area contributed by atoms with Crippen LogP contribution in [-0.2, 0) is 6.54 Å². The van der Waals surface area contributed by atoms with Crippen LogP contribution in [0.2, 0.25) is 0 Å². The maximum atomic E-state index is 10.0. The van der Waals surface area contributed by atoms with E-state index in [9.17, 15) is 5.11 Å². The molecule has 1 aromatic rings. The Hall–Kier alpha value is -0.780. The van der Waals surface area contributed by atoms with Crippen molar-refractivity contribution >= 4 is 11.8 Å². The summed E-state index contributed by atoms with van der Waals surface area (Å²) < 4.78 is 5.20. The van der Waals surface area contributed by atoms with E-state index in [2.05, 4.69) is 10.3 Å². The molecule has 1 unspecified atom stereocenters. The number of methoxy groups -OCH3 is 1. The lowest BCUT2D eigenvalue weighted by Gasteiger charge is -2.22. The molecule has 0 fully saturated rings. The zero-order valence-electron chi connectivity index (χ0n) is 11.5. The van der Waals surface area contributed by atoms with Gasteiger partial charge in [0.1, 0.15) is 5.75 Å². The summed E-state index contributed by atoms with van der Waals surface area (Å²) in [7, 11) is 1.65. The summed E-state index contributed by atoms with van der Waals surface area (Å²) in [4.78, 5) is 4.42. The summed E-state index contributed by atoms with van der Waals surface area (Å²) in [5, 5.41) is 13.2. The van der Waals surface area contributed by atoms with Crippen molar-refractivity contribution < 1.29 is 9.84 Å². The molecule has 1 atom stereocenters. The summed E-state index contributed by atoms with van der Waals surface area (Å²) in [5.74, 6) is 1.53. The molecule has 1 heterocycles. The fourth-order valence-corrected chi connectivity index (χ4v) is 2.46. The number of ether oxygens (including phenoxy) is 1. The van der Waals surface area contributed by atoms with E-state index in [1.54, 1.807) is 18.9 Å². The van der Waals surface area contributed by atoms with E-state index >= 15 is 0 Å². The van der Waals surface area contributed by atoms with E-state index in [1.807, 2.05) is 32.2 Å². The van der Waals surface area contributed by atoms with Crippen LogP contribution in [0.15, 0.2) is 12.1 Å². The van der Waals surface area contributed by atoms with Crippen LogP contribution in [-0.4, -0.2) is 41.4 Å². The average Bonchev–Trinajstić information content (AvgIpc) is 2.27. The minimum atomic E-state index is -0.687. The zero-order valence-corrected chi connectivity index (χ0v) is 12.3. The van der Waals surface area contributed by atoms with Gasteiger partial charge in [0.15, 0.2) is 0 Å². The fourth-order valence-electron chi connectivity index (χ4n) is 1.73. The second kappa shape index (κ2) is 6.97. The number of aliphatic hydroxyl groups is 1. The molecule has 2 N–H and O–H groups in total. The molecule has 0 amide bonds. The maximum absolute atomic E-state index is 10.0. The van der Waals surface area contributed by atoms with Crippen LogP contribution in [0.5, 0.6) is 5.75 Å². The van der Waals surface area contributed by atoms with Crippen molar-refractivity contribution in [3.05, 3.63) is 23.5 Å². The Morgan fingerprint density at radius 1 is 1.50 bits per heavy atom. The van der Waals surface area contributed by atoms with Gasteiger partial charge in [0, 0.05) is 36.7 Å². The Morgan fingerprint density at radius 3 is 2.83 bits per heavy atom. The molecule has 0 aromatic carbocycles. The largest absolute Gasteiger partial charge is 0.497 e. The highest BCUT2D eigenvalue weighted by molar-refractivity contribution is 7.98. The van der Waals surface area contributed by atoms with Crippen LogP contribution in [0.25, 0.3) is 0 Å². The van der Waals surface area contributed by atoms with E-state index in [4.69, 9.17) is 4.74 Å². The van der Waals surface area contributed by atoms with Gasteiger partial charge in [-0.25, -0.2) is 0 Å². The third kappa shape index (κ3) is 5.25. The van der Waals surface area contributed by atoms with E-state index < -0.39 is 5.60 Å². The Kier molecular flexibility index (Phi) is 5.91.